The third-order valence-corrected chi connectivity index (χ3v) is 6.10. The summed E-state index contributed by atoms with van der Waals surface area (Å²) in [5.41, 5.74) is 3.07. The molecule has 1 aromatic heterocycles. The number of aliphatic carboxylic acids is 1. The fraction of sp³-hybridized carbons (Fsp3) is 0.500. The van der Waals surface area contributed by atoms with Gasteiger partial charge in [0.1, 0.15) is 5.58 Å². The van der Waals surface area contributed by atoms with Crippen LogP contribution in [0.4, 0.5) is 0 Å². The van der Waals surface area contributed by atoms with Gasteiger partial charge in [0, 0.05) is 36.6 Å². The predicted molar refractivity (Wildman–Crippen MR) is 95.0 cm³/mol. The largest absolute Gasteiger partial charge is 0.481 e. The number of fused-ring (bicyclic) bond motifs is 2. The Morgan fingerprint density at radius 2 is 2.08 bits per heavy atom. The van der Waals surface area contributed by atoms with Crippen LogP contribution in [0.1, 0.15) is 23.1 Å². The molecule has 3 heterocycles. The predicted octanol–water partition coefficient (Wildman–Crippen LogP) is 2.54. The first-order valence-electron chi connectivity index (χ1n) is 8.97. The molecule has 6 nitrogen and oxygen atoms in total. The topological polar surface area (TPSA) is 80.0 Å². The zero-order valence-corrected chi connectivity index (χ0v) is 15.1. The van der Waals surface area contributed by atoms with E-state index in [2.05, 4.69) is 0 Å². The van der Waals surface area contributed by atoms with Crippen LogP contribution in [0.3, 0.4) is 0 Å². The first-order valence-corrected chi connectivity index (χ1v) is 8.97. The second-order valence-electron chi connectivity index (χ2n) is 7.63. The van der Waals surface area contributed by atoms with Gasteiger partial charge in [0.2, 0.25) is 5.91 Å². The molecule has 0 radical (unpaired) electrons. The number of amides is 1. The lowest BCUT2D eigenvalue weighted by Gasteiger charge is -2.33. The number of ether oxygens (including phenoxy) is 1. The minimum Gasteiger partial charge on any atom is -0.481 e. The van der Waals surface area contributed by atoms with E-state index in [9.17, 15) is 14.7 Å². The number of furan rings is 1. The third-order valence-electron chi connectivity index (χ3n) is 6.10. The molecule has 2 fully saturated rings. The Morgan fingerprint density at radius 3 is 2.81 bits per heavy atom. The van der Waals surface area contributed by atoms with Crippen molar-refractivity contribution >= 4 is 22.8 Å². The van der Waals surface area contributed by atoms with Crippen LogP contribution >= 0.6 is 0 Å². The van der Waals surface area contributed by atoms with Crippen LogP contribution in [0.2, 0.25) is 0 Å². The standard InChI is InChI=1S/C20H23NO5/c1-12-5-16-14(9-26-17(16)6-13(12)2)7-18(22)21-8-15-10-25-4-3-20(15,11-21)19(23)24/h5-6,9,15H,3-4,7-8,10-11H2,1-2H3,(H,23,24)/t15-,20+/m0/s1. The van der Waals surface area contributed by atoms with Gasteiger partial charge in [0.25, 0.3) is 0 Å². The van der Waals surface area contributed by atoms with Gasteiger partial charge in [-0.05, 0) is 43.5 Å². The maximum Gasteiger partial charge on any atom is 0.311 e. The van der Waals surface area contributed by atoms with Gasteiger partial charge in [-0.25, -0.2) is 0 Å². The van der Waals surface area contributed by atoms with E-state index >= 15 is 0 Å². The van der Waals surface area contributed by atoms with Gasteiger partial charge in [0.15, 0.2) is 0 Å². The van der Waals surface area contributed by atoms with Crippen molar-refractivity contribution in [3.05, 3.63) is 35.1 Å². The lowest BCUT2D eigenvalue weighted by Crippen LogP contribution is -2.45. The molecule has 0 unspecified atom stereocenters. The summed E-state index contributed by atoms with van der Waals surface area (Å²) in [6.45, 7) is 5.62. The number of aryl methyl sites for hydroxylation is 2. The van der Waals surface area contributed by atoms with Crippen LogP contribution in [0.25, 0.3) is 11.0 Å². The third kappa shape index (κ3) is 2.60. The summed E-state index contributed by atoms with van der Waals surface area (Å²) in [5, 5.41) is 10.7. The number of carbonyl (C=O) groups is 2. The summed E-state index contributed by atoms with van der Waals surface area (Å²) in [7, 11) is 0. The Balaban J connectivity index is 1.56. The molecule has 1 amide bonds. The molecule has 6 heteroatoms. The van der Waals surface area contributed by atoms with E-state index in [1.54, 1.807) is 11.2 Å². The fourth-order valence-corrected chi connectivity index (χ4v) is 4.24. The SMILES string of the molecule is Cc1cc2occ(CC(=O)N3C[C@H]4COCC[C@@]4(C(=O)O)C3)c2cc1C. The second-order valence-corrected chi connectivity index (χ2v) is 7.63. The van der Waals surface area contributed by atoms with Crippen LogP contribution in [-0.2, 0) is 20.7 Å². The number of rotatable bonds is 3. The Kier molecular flexibility index (Phi) is 4.03. The summed E-state index contributed by atoms with van der Waals surface area (Å²) in [5.74, 6) is -1.01. The van der Waals surface area contributed by atoms with Crippen molar-refractivity contribution in [2.75, 3.05) is 26.3 Å². The molecular weight excluding hydrogens is 334 g/mol. The number of hydrogen-bond donors (Lipinski definition) is 1. The van der Waals surface area contributed by atoms with Gasteiger partial charge < -0.3 is 19.2 Å². The lowest BCUT2D eigenvalue weighted by molar-refractivity contribution is -0.157. The molecule has 0 spiro atoms. The molecule has 2 aliphatic rings. The normalized spacial score (nSPS) is 25.5. The van der Waals surface area contributed by atoms with Crippen LogP contribution < -0.4 is 0 Å². The molecule has 4 rings (SSSR count). The van der Waals surface area contributed by atoms with Crippen molar-refractivity contribution < 1.29 is 23.8 Å². The van der Waals surface area contributed by atoms with Crippen molar-refractivity contribution in [2.24, 2.45) is 11.3 Å². The van der Waals surface area contributed by atoms with Gasteiger partial charge in [-0.2, -0.15) is 0 Å². The van der Waals surface area contributed by atoms with Crippen molar-refractivity contribution in [2.45, 2.75) is 26.7 Å². The summed E-state index contributed by atoms with van der Waals surface area (Å²) in [6.07, 6.45) is 2.32. The summed E-state index contributed by atoms with van der Waals surface area (Å²) in [6, 6.07) is 4.03. The average Bonchev–Trinajstić information content (AvgIpc) is 3.18. The Bertz CT molecular complexity index is 886. The van der Waals surface area contributed by atoms with Crippen LogP contribution in [0.15, 0.2) is 22.8 Å². The van der Waals surface area contributed by atoms with Crippen molar-refractivity contribution in [1.82, 2.24) is 4.90 Å². The van der Waals surface area contributed by atoms with E-state index in [4.69, 9.17) is 9.15 Å². The van der Waals surface area contributed by atoms with Gasteiger partial charge in [-0.3, -0.25) is 9.59 Å². The van der Waals surface area contributed by atoms with E-state index < -0.39 is 11.4 Å². The smallest absolute Gasteiger partial charge is 0.311 e. The Morgan fingerprint density at radius 1 is 1.31 bits per heavy atom. The summed E-state index contributed by atoms with van der Waals surface area (Å²) in [4.78, 5) is 26.4. The Labute approximate surface area is 151 Å². The average molecular weight is 357 g/mol. The highest BCUT2D eigenvalue weighted by Crippen LogP contribution is 2.42. The number of likely N-dealkylation sites (tertiary alicyclic amines) is 1. The number of benzene rings is 1. The van der Waals surface area contributed by atoms with Crippen LogP contribution in [-0.4, -0.2) is 48.2 Å². The van der Waals surface area contributed by atoms with Crippen molar-refractivity contribution in [3.63, 3.8) is 0 Å². The van der Waals surface area contributed by atoms with E-state index in [1.807, 2.05) is 26.0 Å². The van der Waals surface area contributed by atoms with Crippen molar-refractivity contribution in [3.8, 4) is 0 Å². The van der Waals surface area contributed by atoms with E-state index in [-0.39, 0.29) is 24.8 Å². The zero-order chi connectivity index (χ0) is 18.5. The first-order chi connectivity index (χ1) is 12.4. The minimum atomic E-state index is -0.861. The highest BCUT2D eigenvalue weighted by molar-refractivity contribution is 5.89. The highest BCUT2D eigenvalue weighted by atomic mass is 16.5. The molecule has 26 heavy (non-hydrogen) atoms. The van der Waals surface area contributed by atoms with Crippen molar-refractivity contribution in [1.29, 1.82) is 0 Å². The number of carboxylic acids is 1. The van der Waals surface area contributed by atoms with Gasteiger partial charge in [-0.15, -0.1) is 0 Å². The van der Waals surface area contributed by atoms with Crippen LogP contribution in [0.5, 0.6) is 0 Å². The monoisotopic (exact) mass is 357 g/mol. The molecule has 2 atom stereocenters. The van der Waals surface area contributed by atoms with Gasteiger partial charge >= 0.3 is 5.97 Å². The Hall–Kier alpha value is -2.34. The molecular formula is C20H23NO5. The zero-order valence-electron chi connectivity index (χ0n) is 15.1. The molecule has 2 aliphatic heterocycles. The molecule has 0 aliphatic carbocycles. The summed E-state index contributed by atoms with van der Waals surface area (Å²) >= 11 is 0. The molecule has 0 bridgehead atoms. The first kappa shape index (κ1) is 17.1. The quantitative estimate of drug-likeness (QED) is 0.913. The maximum atomic E-state index is 12.9. The molecule has 1 N–H and O–H groups in total. The minimum absolute atomic E-state index is 0.0547. The highest BCUT2D eigenvalue weighted by Gasteiger charge is 2.54. The molecule has 2 aromatic rings. The number of nitrogens with zero attached hydrogens (tertiary/aromatic N) is 1. The van der Waals surface area contributed by atoms with Crippen LogP contribution in [0, 0.1) is 25.2 Å². The second kappa shape index (κ2) is 6.13. The molecule has 0 saturated carbocycles. The number of carbonyl (C=O) groups excluding carboxylic acids is 1. The number of hydrogen-bond acceptors (Lipinski definition) is 4. The molecule has 1 aromatic carbocycles. The number of carboxylic acid groups (broad SMARTS) is 1. The lowest BCUT2D eigenvalue weighted by atomic mass is 9.74. The van der Waals surface area contributed by atoms with E-state index in [0.717, 1.165) is 27.7 Å². The maximum absolute atomic E-state index is 12.9. The molecule has 138 valence electrons. The van der Waals surface area contributed by atoms with E-state index in [1.165, 1.54) is 0 Å². The summed E-state index contributed by atoms with van der Waals surface area (Å²) < 4.78 is 11.1. The van der Waals surface area contributed by atoms with Gasteiger partial charge in [-0.1, -0.05) is 0 Å². The van der Waals surface area contributed by atoms with Gasteiger partial charge in [0.05, 0.1) is 24.7 Å². The fourth-order valence-electron chi connectivity index (χ4n) is 4.24. The molecule has 2 saturated heterocycles. The van der Waals surface area contributed by atoms with E-state index in [0.29, 0.717) is 26.2 Å².